The van der Waals surface area contributed by atoms with Crippen LogP contribution in [-0.4, -0.2) is 55.6 Å². The van der Waals surface area contributed by atoms with Gasteiger partial charge in [0, 0.05) is 25.2 Å². The van der Waals surface area contributed by atoms with Gasteiger partial charge in [0.05, 0.1) is 0 Å². The van der Waals surface area contributed by atoms with E-state index >= 15 is 0 Å². The van der Waals surface area contributed by atoms with Gasteiger partial charge >= 0.3 is 0 Å². The van der Waals surface area contributed by atoms with Crippen LogP contribution < -0.4 is 5.73 Å². The van der Waals surface area contributed by atoms with Crippen LogP contribution in [0.25, 0.3) is 0 Å². The van der Waals surface area contributed by atoms with Crippen molar-refractivity contribution in [2.45, 2.75) is 37.8 Å². The van der Waals surface area contributed by atoms with Crippen LogP contribution in [0, 0.1) is 0 Å². The molecule has 1 aromatic carbocycles. The number of likely N-dealkylation sites (tertiary alicyclic amines) is 1. The molecule has 0 saturated carbocycles. The maximum atomic E-state index is 6.11. The van der Waals surface area contributed by atoms with Crippen molar-refractivity contribution in [3.05, 3.63) is 35.9 Å². The summed E-state index contributed by atoms with van der Waals surface area (Å²) in [5, 5.41) is 0. The van der Waals surface area contributed by atoms with Crippen molar-refractivity contribution in [1.29, 1.82) is 0 Å². The molecule has 1 saturated heterocycles. The van der Waals surface area contributed by atoms with Gasteiger partial charge in [-0.3, -0.25) is 4.90 Å². The van der Waals surface area contributed by atoms with Crippen molar-refractivity contribution < 1.29 is 0 Å². The monoisotopic (exact) mass is 275 g/mol. The van der Waals surface area contributed by atoms with Crippen molar-refractivity contribution in [3.63, 3.8) is 0 Å². The standard InChI is InChI=1S/C17H29N3/c1-14(15-8-5-4-6-9-15)17(12-18)20-11-7-10-16(13-20)19(2)3/h4-6,8-9,14,16-17H,7,10-13,18H2,1-3H3. The van der Waals surface area contributed by atoms with Crippen molar-refractivity contribution in [3.8, 4) is 0 Å². The number of likely N-dealkylation sites (N-methyl/N-ethyl adjacent to an activating group) is 1. The first-order valence-corrected chi connectivity index (χ1v) is 7.79. The molecule has 3 unspecified atom stereocenters. The maximum absolute atomic E-state index is 6.11. The van der Waals surface area contributed by atoms with Crippen LogP contribution in [0.3, 0.4) is 0 Å². The number of nitrogens with zero attached hydrogens (tertiary/aromatic N) is 2. The van der Waals surface area contributed by atoms with E-state index in [4.69, 9.17) is 5.73 Å². The van der Waals surface area contributed by atoms with Gasteiger partial charge in [0.25, 0.3) is 0 Å². The molecular formula is C17H29N3. The van der Waals surface area contributed by atoms with E-state index in [-0.39, 0.29) is 0 Å². The summed E-state index contributed by atoms with van der Waals surface area (Å²) in [5.74, 6) is 0.488. The molecular weight excluding hydrogens is 246 g/mol. The maximum Gasteiger partial charge on any atom is 0.0285 e. The lowest BCUT2D eigenvalue weighted by Crippen LogP contribution is -2.52. The Hall–Kier alpha value is -0.900. The summed E-state index contributed by atoms with van der Waals surface area (Å²) >= 11 is 0. The first kappa shape index (κ1) is 15.5. The molecule has 3 heteroatoms. The molecule has 20 heavy (non-hydrogen) atoms. The van der Waals surface area contributed by atoms with E-state index in [9.17, 15) is 0 Å². The van der Waals surface area contributed by atoms with E-state index in [0.717, 1.165) is 13.1 Å². The lowest BCUT2D eigenvalue weighted by molar-refractivity contribution is 0.0890. The van der Waals surface area contributed by atoms with Crippen LogP contribution >= 0.6 is 0 Å². The van der Waals surface area contributed by atoms with Gasteiger partial charge in [-0.05, 0) is 45.0 Å². The summed E-state index contributed by atoms with van der Waals surface area (Å²) in [7, 11) is 4.37. The summed E-state index contributed by atoms with van der Waals surface area (Å²) in [6.07, 6.45) is 2.58. The van der Waals surface area contributed by atoms with Crippen molar-refractivity contribution in [2.75, 3.05) is 33.7 Å². The third kappa shape index (κ3) is 3.60. The zero-order valence-corrected chi connectivity index (χ0v) is 13.1. The van der Waals surface area contributed by atoms with Gasteiger partial charge in [-0.1, -0.05) is 37.3 Å². The molecule has 0 radical (unpaired) electrons. The quantitative estimate of drug-likeness (QED) is 0.893. The van der Waals surface area contributed by atoms with Crippen molar-refractivity contribution >= 4 is 0 Å². The SMILES string of the molecule is CC(c1ccccc1)C(CN)N1CCCC(N(C)C)C1. The highest BCUT2D eigenvalue weighted by molar-refractivity contribution is 5.20. The normalized spacial score (nSPS) is 23.8. The van der Waals surface area contributed by atoms with Crippen LogP contribution in [0.2, 0.25) is 0 Å². The molecule has 1 heterocycles. The second-order valence-electron chi connectivity index (χ2n) is 6.26. The Kier molecular flexibility index (Phi) is 5.58. The van der Waals surface area contributed by atoms with Gasteiger partial charge in [-0.15, -0.1) is 0 Å². The average Bonchev–Trinajstić information content (AvgIpc) is 2.49. The minimum Gasteiger partial charge on any atom is -0.329 e. The number of benzene rings is 1. The highest BCUT2D eigenvalue weighted by atomic mass is 15.2. The van der Waals surface area contributed by atoms with E-state index < -0.39 is 0 Å². The fourth-order valence-electron chi connectivity index (χ4n) is 3.35. The topological polar surface area (TPSA) is 32.5 Å². The lowest BCUT2D eigenvalue weighted by atomic mass is 9.90. The lowest BCUT2D eigenvalue weighted by Gasteiger charge is -2.42. The second-order valence-corrected chi connectivity index (χ2v) is 6.26. The zero-order chi connectivity index (χ0) is 14.5. The molecule has 2 rings (SSSR count). The fourth-order valence-corrected chi connectivity index (χ4v) is 3.35. The molecule has 2 N–H and O–H groups in total. The number of piperidine rings is 1. The largest absolute Gasteiger partial charge is 0.329 e. The van der Waals surface area contributed by atoms with E-state index in [0.29, 0.717) is 18.0 Å². The predicted molar refractivity (Wildman–Crippen MR) is 86.0 cm³/mol. The van der Waals surface area contributed by atoms with Gasteiger partial charge in [0.2, 0.25) is 0 Å². The van der Waals surface area contributed by atoms with Crippen molar-refractivity contribution in [1.82, 2.24) is 9.80 Å². The summed E-state index contributed by atoms with van der Waals surface area (Å²) in [6, 6.07) is 11.9. The molecule has 0 bridgehead atoms. The molecule has 0 amide bonds. The molecule has 1 fully saturated rings. The molecule has 1 aliphatic rings. The zero-order valence-electron chi connectivity index (χ0n) is 13.1. The van der Waals surface area contributed by atoms with Gasteiger partial charge in [0.15, 0.2) is 0 Å². The van der Waals surface area contributed by atoms with E-state index in [1.807, 2.05) is 0 Å². The Labute approximate surface area is 123 Å². The summed E-state index contributed by atoms with van der Waals surface area (Å²) in [6.45, 7) is 5.37. The molecule has 1 aliphatic heterocycles. The van der Waals surface area contributed by atoms with Crippen LogP contribution in [0.4, 0.5) is 0 Å². The minimum absolute atomic E-state index is 0.445. The number of hydrogen-bond donors (Lipinski definition) is 1. The van der Waals surface area contributed by atoms with Crippen LogP contribution in [0.5, 0.6) is 0 Å². The summed E-state index contributed by atoms with van der Waals surface area (Å²) < 4.78 is 0. The molecule has 0 aliphatic carbocycles. The third-order valence-electron chi connectivity index (χ3n) is 4.77. The van der Waals surface area contributed by atoms with E-state index in [1.54, 1.807) is 0 Å². The number of hydrogen-bond acceptors (Lipinski definition) is 3. The Morgan fingerprint density at radius 1 is 1.30 bits per heavy atom. The highest BCUT2D eigenvalue weighted by Gasteiger charge is 2.29. The third-order valence-corrected chi connectivity index (χ3v) is 4.77. The Balaban J connectivity index is 2.07. The molecule has 3 atom stereocenters. The molecule has 112 valence electrons. The van der Waals surface area contributed by atoms with Gasteiger partial charge in [-0.25, -0.2) is 0 Å². The predicted octanol–water partition coefficient (Wildman–Crippen LogP) is 2.14. The molecule has 0 aromatic heterocycles. The first-order chi connectivity index (χ1) is 9.63. The summed E-state index contributed by atoms with van der Waals surface area (Å²) in [5.41, 5.74) is 7.51. The smallest absolute Gasteiger partial charge is 0.0285 e. The van der Waals surface area contributed by atoms with Gasteiger partial charge in [0.1, 0.15) is 0 Å². The number of nitrogens with two attached hydrogens (primary N) is 1. The van der Waals surface area contributed by atoms with Crippen LogP contribution in [-0.2, 0) is 0 Å². The number of rotatable bonds is 5. The first-order valence-electron chi connectivity index (χ1n) is 7.79. The van der Waals surface area contributed by atoms with Gasteiger partial charge < -0.3 is 10.6 Å². The molecule has 0 spiro atoms. The highest BCUT2D eigenvalue weighted by Crippen LogP contribution is 2.26. The molecule has 3 nitrogen and oxygen atoms in total. The Bertz CT molecular complexity index is 390. The van der Waals surface area contributed by atoms with E-state index in [2.05, 4.69) is 61.2 Å². The fraction of sp³-hybridized carbons (Fsp3) is 0.647. The average molecular weight is 275 g/mol. The minimum atomic E-state index is 0.445. The van der Waals surface area contributed by atoms with Crippen LogP contribution in [0.1, 0.15) is 31.2 Å². The second kappa shape index (κ2) is 7.21. The Morgan fingerprint density at radius 3 is 2.60 bits per heavy atom. The summed E-state index contributed by atoms with van der Waals surface area (Å²) in [4.78, 5) is 4.96. The van der Waals surface area contributed by atoms with Gasteiger partial charge in [-0.2, -0.15) is 0 Å². The van der Waals surface area contributed by atoms with E-state index in [1.165, 1.54) is 24.9 Å². The molecule has 1 aromatic rings. The van der Waals surface area contributed by atoms with Crippen molar-refractivity contribution in [2.24, 2.45) is 5.73 Å². The van der Waals surface area contributed by atoms with Crippen LogP contribution in [0.15, 0.2) is 30.3 Å². The Morgan fingerprint density at radius 2 is 2.00 bits per heavy atom.